The van der Waals surface area contributed by atoms with Gasteiger partial charge in [0.05, 0.1) is 0 Å². The van der Waals surface area contributed by atoms with Crippen molar-refractivity contribution >= 4 is 17.9 Å². The third kappa shape index (κ3) is 8.28. The van der Waals surface area contributed by atoms with Crippen LogP contribution >= 0.6 is 11.8 Å². The predicted molar refractivity (Wildman–Crippen MR) is 97.9 cm³/mol. The Labute approximate surface area is 144 Å². The molecule has 1 unspecified atom stereocenters. The molecule has 0 radical (unpaired) electrons. The van der Waals surface area contributed by atoms with E-state index in [-0.39, 0.29) is 12.1 Å². The van der Waals surface area contributed by atoms with E-state index in [2.05, 4.69) is 55.0 Å². The van der Waals surface area contributed by atoms with Crippen molar-refractivity contribution in [3.63, 3.8) is 0 Å². The lowest BCUT2D eigenvalue weighted by Crippen LogP contribution is -2.45. The van der Waals surface area contributed by atoms with Crippen LogP contribution in [0.2, 0.25) is 0 Å². The Bertz CT molecular complexity index is 481. The lowest BCUT2D eigenvalue weighted by Gasteiger charge is -2.25. The molecule has 0 aliphatic heterocycles. The molecule has 1 rings (SSSR count). The molecule has 130 valence electrons. The number of hydrogen-bond donors (Lipinski definition) is 2. The molecule has 1 aromatic rings. The van der Waals surface area contributed by atoms with Gasteiger partial charge < -0.3 is 15.4 Å². The van der Waals surface area contributed by atoms with Gasteiger partial charge in [0.15, 0.2) is 0 Å². The molecule has 0 spiro atoms. The third-order valence-electron chi connectivity index (χ3n) is 3.40. The summed E-state index contributed by atoms with van der Waals surface area (Å²) in [6.07, 6.45) is 1.71. The maximum Gasteiger partial charge on any atom is 0.407 e. The first kappa shape index (κ1) is 19.8. The van der Waals surface area contributed by atoms with Crippen LogP contribution in [0.1, 0.15) is 40.2 Å². The van der Waals surface area contributed by atoms with Crippen molar-refractivity contribution in [1.82, 2.24) is 10.6 Å². The van der Waals surface area contributed by atoms with Crippen LogP contribution < -0.4 is 10.6 Å². The standard InChI is InChI=1S/C18H30N2O2S/c1-13(2)16(12-20-17(21)22-18(3,4)5)19-11-14-7-9-15(23-6)10-8-14/h7-10,13,16,19H,11-12H2,1-6H3,(H,20,21). The lowest BCUT2D eigenvalue weighted by atomic mass is 10.0. The number of thioether (sulfide) groups is 1. The van der Waals surface area contributed by atoms with Crippen LogP contribution in [0.4, 0.5) is 4.79 Å². The lowest BCUT2D eigenvalue weighted by molar-refractivity contribution is 0.0519. The molecule has 4 nitrogen and oxygen atoms in total. The normalized spacial score (nSPS) is 13.0. The topological polar surface area (TPSA) is 50.4 Å². The number of carbonyl (C=O) groups excluding carboxylic acids is 1. The number of alkyl carbamates (subject to hydrolysis) is 1. The van der Waals surface area contributed by atoms with Crippen LogP contribution in [0, 0.1) is 5.92 Å². The minimum atomic E-state index is -0.468. The van der Waals surface area contributed by atoms with Crippen molar-refractivity contribution in [2.24, 2.45) is 5.92 Å². The van der Waals surface area contributed by atoms with Gasteiger partial charge in [0.1, 0.15) is 5.60 Å². The molecule has 0 saturated heterocycles. The zero-order chi connectivity index (χ0) is 17.5. The van der Waals surface area contributed by atoms with Gasteiger partial charge in [-0.3, -0.25) is 0 Å². The van der Waals surface area contributed by atoms with Gasteiger partial charge in [-0.05, 0) is 50.6 Å². The number of ether oxygens (including phenoxy) is 1. The zero-order valence-electron chi connectivity index (χ0n) is 15.1. The van der Waals surface area contributed by atoms with E-state index in [1.807, 2.05) is 20.8 Å². The Morgan fingerprint density at radius 3 is 2.30 bits per heavy atom. The molecule has 0 aliphatic rings. The van der Waals surface area contributed by atoms with Crippen molar-refractivity contribution in [3.8, 4) is 0 Å². The molecular formula is C18H30N2O2S. The van der Waals surface area contributed by atoms with Crippen LogP contribution in [0.25, 0.3) is 0 Å². The molecule has 1 amide bonds. The summed E-state index contributed by atoms with van der Waals surface area (Å²) in [7, 11) is 0. The van der Waals surface area contributed by atoms with E-state index in [4.69, 9.17) is 4.74 Å². The molecule has 1 atom stereocenters. The van der Waals surface area contributed by atoms with Crippen molar-refractivity contribution < 1.29 is 9.53 Å². The summed E-state index contributed by atoms with van der Waals surface area (Å²) in [6, 6.07) is 8.73. The van der Waals surface area contributed by atoms with E-state index in [1.165, 1.54) is 10.5 Å². The van der Waals surface area contributed by atoms with Crippen LogP contribution in [0.15, 0.2) is 29.2 Å². The highest BCUT2D eigenvalue weighted by molar-refractivity contribution is 7.98. The first-order valence-corrected chi connectivity index (χ1v) is 9.27. The maximum atomic E-state index is 11.8. The van der Waals surface area contributed by atoms with Crippen molar-refractivity contribution in [2.75, 3.05) is 12.8 Å². The molecule has 0 aliphatic carbocycles. The average Bonchev–Trinajstić information content (AvgIpc) is 2.45. The van der Waals surface area contributed by atoms with Gasteiger partial charge >= 0.3 is 6.09 Å². The second-order valence-corrected chi connectivity index (χ2v) is 7.84. The SMILES string of the molecule is CSc1ccc(CNC(CNC(=O)OC(C)(C)C)C(C)C)cc1. The molecule has 0 fully saturated rings. The largest absolute Gasteiger partial charge is 0.444 e. The molecular weight excluding hydrogens is 308 g/mol. The second-order valence-electron chi connectivity index (χ2n) is 6.96. The molecule has 0 aromatic heterocycles. The molecule has 5 heteroatoms. The van der Waals surface area contributed by atoms with Crippen LogP contribution in [-0.2, 0) is 11.3 Å². The van der Waals surface area contributed by atoms with Gasteiger partial charge in [-0.15, -0.1) is 11.8 Å². The van der Waals surface area contributed by atoms with Gasteiger partial charge in [-0.25, -0.2) is 4.79 Å². The number of benzene rings is 1. The van der Waals surface area contributed by atoms with Gasteiger partial charge in [0.2, 0.25) is 0 Å². The summed E-state index contributed by atoms with van der Waals surface area (Å²) in [6.45, 7) is 11.2. The molecule has 23 heavy (non-hydrogen) atoms. The Morgan fingerprint density at radius 2 is 1.83 bits per heavy atom. The summed E-state index contributed by atoms with van der Waals surface area (Å²) >= 11 is 1.74. The van der Waals surface area contributed by atoms with E-state index < -0.39 is 5.60 Å². The molecule has 1 aromatic carbocycles. The molecule has 0 heterocycles. The predicted octanol–water partition coefficient (Wildman–Crippen LogP) is 4.05. The third-order valence-corrected chi connectivity index (χ3v) is 4.14. The minimum Gasteiger partial charge on any atom is -0.444 e. The van der Waals surface area contributed by atoms with Gasteiger partial charge in [0.25, 0.3) is 0 Å². The van der Waals surface area contributed by atoms with E-state index in [1.54, 1.807) is 11.8 Å². The van der Waals surface area contributed by atoms with E-state index in [0.717, 1.165) is 6.54 Å². The van der Waals surface area contributed by atoms with Gasteiger partial charge in [-0.1, -0.05) is 26.0 Å². The fraction of sp³-hybridized carbons (Fsp3) is 0.611. The number of carbonyl (C=O) groups is 1. The highest BCUT2D eigenvalue weighted by Gasteiger charge is 2.18. The zero-order valence-corrected chi connectivity index (χ0v) is 15.9. The van der Waals surface area contributed by atoms with E-state index in [0.29, 0.717) is 12.5 Å². The van der Waals surface area contributed by atoms with Crippen LogP contribution in [-0.4, -0.2) is 30.5 Å². The highest BCUT2D eigenvalue weighted by atomic mass is 32.2. The van der Waals surface area contributed by atoms with Crippen molar-refractivity contribution in [1.29, 1.82) is 0 Å². The average molecular weight is 339 g/mol. The van der Waals surface area contributed by atoms with Gasteiger partial charge in [-0.2, -0.15) is 0 Å². The number of amides is 1. The smallest absolute Gasteiger partial charge is 0.407 e. The van der Waals surface area contributed by atoms with E-state index in [9.17, 15) is 4.79 Å². The fourth-order valence-corrected chi connectivity index (χ4v) is 2.45. The molecule has 0 bridgehead atoms. The fourth-order valence-electron chi connectivity index (χ4n) is 2.04. The number of hydrogen-bond acceptors (Lipinski definition) is 4. The first-order chi connectivity index (χ1) is 10.7. The molecule has 0 saturated carbocycles. The first-order valence-electron chi connectivity index (χ1n) is 8.04. The summed E-state index contributed by atoms with van der Waals surface area (Å²) in [5.74, 6) is 0.412. The van der Waals surface area contributed by atoms with Gasteiger partial charge in [0, 0.05) is 24.0 Å². The van der Waals surface area contributed by atoms with E-state index >= 15 is 0 Å². The second kappa shape index (κ2) is 9.18. The van der Waals surface area contributed by atoms with Crippen LogP contribution in [0.5, 0.6) is 0 Å². The Morgan fingerprint density at radius 1 is 1.22 bits per heavy atom. The van der Waals surface area contributed by atoms with Crippen molar-refractivity contribution in [2.45, 2.75) is 57.7 Å². The Balaban J connectivity index is 2.47. The monoisotopic (exact) mass is 338 g/mol. The quantitative estimate of drug-likeness (QED) is 0.737. The Hall–Kier alpha value is -1.20. The summed E-state index contributed by atoms with van der Waals surface area (Å²) in [4.78, 5) is 13.0. The maximum absolute atomic E-state index is 11.8. The highest BCUT2D eigenvalue weighted by Crippen LogP contribution is 2.15. The molecule has 2 N–H and O–H groups in total. The summed E-state index contributed by atoms with van der Waals surface area (Å²) in [5, 5.41) is 6.36. The summed E-state index contributed by atoms with van der Waals surface area (Å²) in [5.41, 5.74) is 0.773. The summed E-state index contributed by atoms with van der Waals surface area (Å²) < 4.78 is 5.28. The van der Waals surface area contributed by atoms with Crippen LogP contribution in [0.3, 0.4) is 0 Å². The van der Waals surface area contributed by atoms with Crippen molar-refractivity contribution in [3.05, 3.63) is 29.8 Å². The number of rotatable bonds is 7. The Kier molecular flexibility index (Phi) is 7.92. The number of nitrogens with one attached hydrogen (secondary N) is 2. The minimum absolute atomic E-state index is 0.197.